The van der Waals surface area contributed by atoms with Gasteiger partial charge < -0.3 is 59.8 Å². The van der Waals surface area contributed by atoms with Gasteiger partial charge >= 0.3 is 11.9 Å². The van der Waals surface area contributed by atoms with Crippen LogP contribution in [0.4, 0.5) is 0 Å². The van der Waals surface area contributed by atoms with E-state index in [9.17, 15) is 50.4 Å². The fourth-order valence-corrected chi connectivity index (χ4v) is 13.5. The Bertz CT molecular complexity index is 1560. The summed E-state index contributed by atoms with van der Waals surface area (Å²) in [5.74, 6) is -1.52. The van der Waals surface area contributed by atoms with Crippen LogP contribution in [0.2, 0.25) is 0 Å². The highest BCUT2D eigenvalue weighted by atomic mass is 16.7. The lowest BCUT2D eigenvalue weighted by molar-refractivity contribution is -0.324. The number of allylic oxidation sites excluding steroid dienone is 2. The highest BCUT2D eigenvalue weighted by molar-refractivity contribution is 5.79. The van der Waals surface area contributed by atoms with Crippen LogP contribution in [0.5, 0.6) is 0 Å². The maximum atomic E-state index is 14.6. The molecular formula is C42H66O14. The number of aliphatic carboxylic acids is 1. The summed E-state index contributed by atoms with van der Waals surface area (Å²) in [6.45, 7) is 15.5. The molecule has 0 unspecified atom stereocenters. The Morgan fingerprint density at radius 2 is 1.39 bits per heavy atom. The van der Waals surface area contributed by atoms with Crippen molar-refractivity contribution in [1.29, 1.82) is 0 Å². The van der Waals surface area contributed by atoms with Gasteiger partial charge in [0.15, 0.2) is 12.4 Å². The van der Waals surface area contributed by atoms with Gasteiger partial charge in [0.2, 0.25) is 6.29 Å². The summed E-state index contributed by atoms with van der Waals surface area (Å²) in [6, 6.07) is 0. The van der Waals surface area contributed by atoms with Crippen molar-refractivity contribution in [2.75, 3.05) is 6.61 Å². The maximum Gasteiger partial charge on any atom is 0.335 e. The molecule has 14 heteroatoms. The van der Waals surface area contributed by atoms with Crippen LogP contribution >= 0.6 is 0 Å². The highest BCUT2D eigenvalue weighted by Crippen LogP contribution is 2.76. The zero-order chi connectivity index (χ0) is 41.1. The van der Waals surface area contributed by atoms with Crippen molar-refractivity contribution in [3.8, 4) is 0 Å². The van der Waals surface area contributed by atoms with Gasteiger partial charge in [0.25, 0.3) is 0 Å². The van der Waals surface area contributed by atoms with Crippen LogP contribution in [0.3, 0.4) is 0 Å². The third kappa shape index (κ3) is 6.17. The first-order valence-electron chi connectivity index (χ1n) is 20.8. The summed E-state index contributed by atoms with van der Waals surface area (Å²) in [4.78, 5) is 26.4. The van der Waals surface area contributed by atoms with Crippen molar-refractivity contribution in [1.82, 2.24) is 0 Å². The Kier molecular flexibility index (Phi) is 10.8. The molecule has 2 heterocycles. The molecule has 7 aliphatic rings. The number of hydrogen-bond acceptors (Lipinski definition) is 13. The maximum absolute atomic E-state index is 14.6. The molecule has 2 saturated heterocycles. The van der Waals surface area contributed by atoms with E-state index in [1.165, 1.54) is 5.57 Å². The van der Waals surface area contributed by atoms with Crippen LogP contribution in [-0.4, -0.2) is 127 Å². The minimum atomic E-state index is -1.79. The van der Waals surface area contributed by atoms with Crippen LogP contribution in [0.15, 0.2) is 11.6 Å². The molecule has 318 valence electrons. The molecule has 14 nitrogen and oxygen atoms in total. The van der Waals surface area contributed by atoms with E-state index in [0.717, 1.165) is 44.9 Å². The predicted molar refractivity (Wildman–Crippen MR) is 198 cm³/mol. The average Bonchev–Trinajstić information content (AvgIpc) is 3.12. The summed E-state index contributed by atoms with van der Waals surface area (Å²) < 4.78 is 23.5. The number of fused-ring (bicyclic) bond motifs is 7. The van der Waals surface area contributed by atoms with Crippen LogP contribution in [0, 0.1) is 50.2 Å². The molecule has 18 atom stereocenters. The standard InChI is InChI=1S/C42H66O14/c1-37(2)14-16-42(36(52)56-34-30(48)27(45)26(44)22(19-43)53-34)17-15-40(6)20(21(42)18-37)8-9-24-39(5)12-11-25(38(3,4)23(39)10-13-41(24,40)7)54-35-31(49)28(46)29(47)32(55-35)33(50)51/h8,21-32,34-35,43-49H,9-19H2,1-7H3,(H,50,51)/t21-,22+,23-,24-,25+,26+,27-,28-,29-,30+,31+,32-,34-,35+,39-,40+,41+,42-/m0/s1. The van der Waals surface area contributed by atoms with Gasteiger partial charge in [-0.3, -0.25) is 4.79 Å². The number of esters is 1. The monoisotopic (exact) mass is 794 g/mol. The Morgan fingerprint density at radius 1 is 0.750 bits per heavy atom. The topological polar surface area (TPSA) is 233 Å². The van der Waals surface area contributed by atoms with E-state index in [0.29, 0.717) is 25.2 Å². The lowest BCUT2D eigenvalue weighted by atomic mass is 9.33. The van der Waals surface area contributed by atoms with Gasteiger partial charge in [0, 0.05) is 0 Å². The number of carbonyl (C=O) groups is 2. The number of carbonyl (C=O) groups excluding carboxylic acids is 1. The fraction of sp³-hybridized carbons (Fsp3) is 0.905. The van der Waals surface area contributed by atoms with Crippen molar-refractivity contribution in [2.45, 2.75) is 180 Å². The summed E-state index contributed by atoms with van der Waals surface area (Å²) >= 11 is 0. The lowest BCUT2D eigenvalue weighted by Crippen LogP contribution is -2.66. The zero-order valence-corrected chi connectivity index (χ0v) is 34.0. The third-order valence-corrected chi connectivity index (χ3v) is 17.2. The van der Waals surface area contributed by atoms with E-state index in [1.807, 2.05) is 0 Å². The predicted octanol–water partition coefficient (Wildman–Crippen LogP) is 2.41. The lowest BCUT2D eigenvalue weighted by Gasteiger charge is -2.71. The summed E-state index contributed by atoms with van der Waals surface area (Å²) in [5.41, 5.74) is -0.448. The van der Waals surface area contributed by atoms with Crippen LogP contribution < -0.4 is 0 Å². The van der Waals surface area contributed by atoms with Gasteiger partial charge in [0.1, 0.15) is 42.7 Å². The van der Waals surface area contributed by atoms with E-state index in [-0.39, 0.29) is 33.5 Å². The molecule has 0 aromatic heterocycles. The molecule has 0 amide bonds. The van der Waals surface area contributed by atoms with Crippen molar-refractivity contribution in [3.05, 3.63) is 11.6 Å². The van der Waals surface area contributed by atoms with E-state index in [2.05, 4.69) is 54.5 Å². The number of ether oxygens (including phenoxy) is 4. The number of hydrogen-bond donors (Lipinski definition) is 8. The van der Waals surface area contributed by atoms with E-state index in [1.54, 1.807) is 0 Å². The normalized spacial score (nSPS) is 52.3. The van der Waals surface area contributed by atoms with E-state index >= 15 is 0 Å². The molecule has 56 heavy (non-hydrogen) atoms. The van der Waals surface area contributed by atoms with Crippen molar-refractivity contribution in [2.24, 2.45) is 50.2 Å². The molecule has 5 aliphatic carbocycles. The van der Waals surface area contributed by atoms with Gasteiger partial charge in [-0.25, -0.2) is 4.79 Å². The summed E-state index contributed by atoms with van der Waals surface area (Å²) in [5, 5.41) is 82.4. The number of carboxylic acid groups (broad SMARTS) is 1. The number of carboxylic acids is 1. The molecule has 0 bridgehead atoms. The molecule has 8 N–H and O–H groups in total. The third-order valence-electron chi connectivity index (χ3n) is 17.2. The SMILES string of the molecule is CC1(C)CC[C@]2(C(=O)O[C@@H]3O[C@H](CO)[C@@H](O)[C@H](O)[C@H]3O)CC[C@]3(C)C(=CC[C@H]4[C@@]5(C)CC[C@@H](O[C@@H]6O[C@H](C(=O)O)[C@@H](O)[C@H](O)[C@H]6O)C(C)(C)[C@@H]5CC[C@]43C)[C@@H]2C1. The second-order valence-electron chi connectivity index (χ2n) is 20.7. The molecule has 6 fully saturated rings. The zero-order valence-electron chi connectivity index (χ0n) is 34.0. The van der Waals surface area contributed by atoms with Crippen molar-refractivity contribution in [3.63, 3.8) is 0 Å². The van der Waals surface area contributed by atoms with Crippen LogP contribution in [-0.2, 0) is 28.5 Å². The van der Waals surface area contributed by atoms with E-state index < -0.39 is 96.9 Å². The van der Waals surface area contributed by atoms with Crippen LogP contribution in [0.1, 0.15) is 113 Å². The highest BCUT2D eigenvalue weighted by Gasteiger charge is 2.70. The van der Waals surface area contributed by atoms with Crippen molar-refractivity contribution < 1.29 is 69.4 Å². The van der Waals surface area contributed by atoms with Gasteiger partial charge in [0.05, 0.1) is 18.1 Å². The first kappa shape index (κ1) is 42.4. The van der Waals surface area contributed by atoms with E-state index in [4.69, 9.17) is 18.9 Å². The van der Waals surface area contributed by atoms with Crippen LogP contribution in [0.25, 0.3) is 0 Å². The molecule has 4 saturated carbocycles. The fourth-order valence-electron chi connectivity index (χ4n) is 13.5. The Balaban J connectivity index is 1.16. The molecule has 0 aromatic rings. The second kappa shape index (κ2) is 14.2. The largest absolute Gasteiger partial charge is 0.479 e. The quantitative estimate of drug-likeness (QED) is 0.110. The second-order valence-corrected chi connectivity index (χ2v) is 20.7. The van der Waals surface area contributed by atoms with Gasteiger partial charge in [-0.15, -0.1) is 0 Å². The van der Waals surface area contributed by atoms with Gasteiger partial charge in [-0.2, -0.15) is 0 Å². The number of aliphatic hydroxyl groups excluding tert-OH is 7. The smallest absolute Gasteiger partial charge is 0.335 e. The molecule has 0 spiro atoms. The minimum Gasteiger partial charge on any atom is -0.479 e. The number of aliphatic hydroxyl groups is 7. The summed E-state index contributed by atoms with van der Waals surface area (Å²) in [6.07, 6.45) is -6.14. The molecule has 2 aliphatic heterocycles. The molecule has 7 rings (SSSR count). The van der Waals surface area contributed by atoms with Gasteiger partial charge in [-0.05, 0) is 109 Å². The Morgan fingerprint density at radius 3 is 2.05 bits per heavy atom. The molecular weight excluding hydrogens is 728 g/mol. The minimum absolute atomic E-state index is 0.0330. The molecule has 0 aromatic carbocycles. The summed E-state index contributed by atoms with van der Waals surface area (Å²) in [7, 11) is 0. The Hall–Kier alpha value is -1.72. The average molecular weight is 795 g/mol. The first-order valence-corrected chi connectivity index (χ1v) is 20.8. The Labute approximate surface area is 329 Å². The van der Waals surface area contributed by atoms with Crippen molar-refractivity contribution >= 4 is 11.9 Å². The number of rotatable bonds is 6. The van der Waals surface area contributed by atoms with Gasteiger partial charge in [-0.1, -0.05) is 60.1 Å². The first-order chi connectivity index (χ1) is 26.0. The molecule has 0 radical (unpaired) electrons.